The SMILES string of the molecule is Brc1ccc(-c2nc3c(s2)CCCC3CNC2CC2)s1. The van der Waals surface area contributed by atoms with Crippen molar-refractivity contribution in [3.63, 3.8) is 0 Å². The summed E-state index contributed by atoms with van der Waals surface area (Å²) in [6.45, 7) is 1.12. The van der Waals surface area contributed by atoms with Gasteiger partial charge in [0.15, 0.2) is 0 Å². The standard InChI is InChI=1S/C15H17BrN2S2/c16-13-7-6-12(19-13)15-18-14-9(8-17-10-4-5-10)2-1-3-11(14)20-15/h6-7,9-10,17H,1-5,8H2. The normalized spacial score (nSPS) is 21.9. The lowest BCUT2D eigenvalue weighted by Gasteiger charge is -2.21. The van der Waals surface area contributed by atoms with Crippen LogP contribution >= 0.6 is 38.6 Å². The van der Waals surface area contributed by atoms with Gasteiger partial charge in [-0.25, -0.2) is 4.98 Å². The van der Waals surface area contributed by atoms with E-state index in [4.69, 9.17) is 4.98 Å². The molecule has 0 spiro atoms. The molecule has 1 unspecified atom stereocenters. The molecule has 2 aromatic heterocycles. The molecule has 1 N–H and O–H groups in total. The van der Waals surface area contributed by atoms with Crippen LogP contribution in [-0.2, 0) is 6.42 Å². The molecule has 106 valence electrons. The molecule has 20 heavy (non-hydrogen) atoms. The average Bonchev–Trinajstić information content (AvgIpc) is 3.00. The lowest BCUT2D eigenvalue weighted by Crippen LogP contribution is -2.25. The lowest BCUT2D eigenvalue weighted by molar-refractivity contribution is 0.500. The van der Waals surface area contributed by atoms with Gasteiger partial charge in [0.25, 0.3) is 0 Å². The van der Waals surface area contributed by atoms with E-state index in [9.17, 15) is 0 Å². The van der Waals surface area contributed by atoms with Gasteiger partial charge in [0.2, 0.25) is 0 Å². The summed E-state index contributed by atoms with van der Waals surface area (Å²) in [5.41, 5.74) is 1.38. The summed E-state index contributed by atoms with van der Waals surface area (Å²) in [5, 5.41) is 4.89. The quantitative estimate of drug-likeness (QED) is 0.837. The van der Waals surface area contributed by atoms with Crippen LogP contribution in [0.3, 0.4) is 0 Å². The van der Waals surface area contributed by atoms with Gasteiger partial charge in [-0.15, -0.1) is 22.7 Å². The minimum absolute atomic E-state index is 0.632. The Morgan fingerprint density at radius 1 is 1.25 bits per heavy atom. The molecule has 2 aliphatic rings. The van der Waals surface area contributed by atoms with E-state index < -0.39 is 0 Å². The molecule has 2 nitrogen and oxygen atoms in total. The molecule has 2 aliphatic carbocycles. The van der Waals surface area contributed by atoms with Crippen molar-refractivity contribution < 1.29 is 0 Å². The minimum Gasteiger partial charge on any atom is -0.313 e. The van der Waals surface area contributed by atoms with Crippen LogP contribution in [0.5, 0.6) is 0 Å². The van der Waals surface area contributed by atoms with Crippen molar-refractivity contribution in [1.82, 2.24) is 10.3 Å². The predicted molar refractivity (Wildman–Crippen MR) is 89.8 cm³/mol. The highest BCUT2D eigenvalue weighted by Gasteiger charge is 2.28. The van der Waals surface area contributed by atoms with E-state index in [0.29, 0.717) is 5.92 Å². The molecular weight excluding hydrogens is 352 g/mol. The van der Waals surface area contributed by atoms with Gasteiger partial charge in [0.05, 0.1) is 14.4 Å². The fourth-order valence-electron chi connectivity index (χ4n) is 2.84. The third kappa shape index (κ3) is 2.73. The van der Waals surface area contributed by atoms with Crippen LogP contribution in [0, 0.1) is 0 Å². The van der Waals surface area contributed by atoms with E-state index in [1.807, 2.05) is 11.3 Å². The first kappa shape index (κ1) is 13.4. The largest absolute Gasteiger partial charge is 0.313 e. The Kier molecular flexibility index (Phi) is 3.71. The maximum atomic E-state index is 4.98. The van der Waals surface area contributed by atoms with E-state index in [-0.39, 0.29) is 0 Å². The minimum atomic E-state index is 0.632. The van der Waals surface area contributed by atoms with Crippen molar-refractivity contribution in [3.8, 4) is 9.88 Å². The van der Waals surface area contributed by atoms with Crippen molar-refractivity contribution in [1.29, 1.82) is 0 Å². The molecule has 0 radical (unpaired) electrons. The van der Waals surface area contributed by atoms with Crippen LogP contribution in [0.1, 0.15) is 42.2 Å². The molecule has 1 saturated carbocycles. The first-order valence-electron chi connectivity index (χ1n) is 7.28. The Hall–Kier alpha value is -0.230. The number of aromatic nitrogens is 1. The number of hydrogen-bond acceptors (Lipinski definition) is 4. The summed E-state index contributed by atoms with van der Waals surface area (Å²) in [5.74, 6) is 0.632. The number of aryl methyl sites for hydroxylation is 1. The van der Waals surface area contributed by atoms with Crippen molar-refractivity contribution in [3.05, 3.63) is 26.5 Å². The fourth-order valence-corrected chi connectivity index (χ4v) is 5.47. The smallest absolute Gasteiger partial charge is 0.133 e. The molecular formula is C15H17BrN2S2. The van der Waals surface area contributed by atoms with E-state index >= 15 is 0 Å². The van der Waals surface area contributed by atoms with Crippen LogP contribution in [0.15, 0.2) is 15.9 Å². The molecule has 0 saturated heterocycles. The van der Waals surface area contributed by atoms with Crippen molar-refractivity contribution in [2.45, 2.75) is 44.1 Å². The second kappa shape index (κ2) is 5.52. The van der Waals surface area contributed by atoms with Gasteiger partial charge >= 0.3 is 0 Å². The summed E-state index contributed by atoms with van der Waals surface area (Å²) in [6.07, 6.45) is 6.57. The van der Waals surface area contributed by atoms with Gasteiger partial charge < -0.3 is 5.32 Å². The molecule has 0 amide bonds. The Balaban J connectivity index is 1.58. The summed E-state index contributed by atoms with van der Waals surface area (Å²) in [6, 6.07) is 5.09. The van der Waals surface area contributed by atoms with E-state index in [2.05, 4.69) is 33.4 Å². The summed E-state index contributed by atoms with van der Waals surface area (Å²) >= 11 is 7.23. The van der Waals surface area contributed by atoms with Crippen LogP contribution in [0.4, 0.5) is 0 Å². The maximum absolute atomic E-state index is 4.98. The van der Waals surface area contributed by atoms with Gasteiger partial charge in [0.1, 0.15) is 5.01 Å². The zero-order valence-electron chi connectivity index (χ0n) is 11.2. The van der Waals surface area contributed by atoms with Gasteiger partial charge in [-0.1, -0.05) is 0 Å². The number of thiophene rings is 1. The maximum Gasteiger partial charge on any atom is 0.133 e. The number of halogens is 1. The summed E-state index contributed by atoms with van der Waals surface area (Å²) in [4.78, 5) is 7.80. The van der Waals surface area contributed by atoms with Crippen LogP contribution in [0.2, 0.25) is 0 Å². The molecule has 4 rings (SSSR count). The van der Waals surface area contributed by atoms with E-state index in [1.165, 1.54) is 56.3 Å². The number of nitrogens with zero attached hydrogens (tertiary/aromatic N) is 1. The Bertz CT molecular complexity index is 615. The predicted octanol–water partition coefficient (Wildman–Crippen LogP) is 4.81. The first-order chi connectivity index (χ1) is 9.79. The number of rotatable bonds is 4. The third-order valence-electron chi connectivity index (χ3n) is 4.08. The summed E-state index contributed by atoms with van der Waals surface area (Å²) in [7, 11) is 0. The highest BCUT2D eigenvalue weighted by atomic mass is 79.9. The molecule has 1 fully saturated rings. The topological polar surface area (TPSA) is 24.9 Å². The second-order valence-electron chi connectivity index (χ2n) is 5.70. The Morgan fingerprint density at radius 2 is 2.15 bits per heavy atom. The van der Waals surface area contributed by atoms with E-state index in [1.54, 1.807) is 11.3 Å². The molecule has 0 aliphatic heterocycles. The van der Waals surface area contributed by atoms with Crippen LogP contribution in [-0.4, -0.2) is 17.6 Å². The molecule has 0 bridgehead atoms. The van der Waals surface area contributed by atoms with Gasteiger partial charge in [-0.2, -0.15) is 0 Å². The Morgan fingerprint density at radius 3 is 2.90 bits per heavy atom. The molecule has 2 heterocycles. The zero-order chi connectivity index (χ0) is 13.5. The Labute approximate surface area is 135 Å². The number of fused-ring (bicyclic) bond motifs is 1. The fraction of sp³-hybridized carbons (Fsp3) is 0.533. The number of thiazole rings is 1. The van der Waals surface area contributed by atoms with E-state index in [0.717, 1.165) is 12.6 Å². The van der Waals surface area contributed by atoms with Crippen molar-refractivity contribution >= 4 is 38.6 Å². The molecule has 0 aromatic carbocycles. The van der Waals surface area contributed by atoms with Crippen LogP contribution < -0.4 is 5.32 Å². The zero-order valence-corrected chi connectivity index (χ0v) is 14.4. The van der Waals surface area contributed by atoms with Gasteiger partial charge in [0, 0.05) is 23.4 Å². The highest BCUT2D eigenvalue weighted by Crippen LogP contribution is 2.40. The van der Waals surface area contributed by atoms with Gasteiger partial charge in [-0.3, -0.25) is 0 Å². The molecule has 2 aromatic rings. The monoisotopic (exact) mass is 368 g/mol. The van der Waals surface area contributed by atoms with Crippen molar-refractivity contribution in [2.75, 3.05) is 6.54 Å². The molecule has 1 atom stereocenters. The number of hydrogen-bond donors (Lipinski definition) is 1. The third-order valence-corrected chi connectivity index (χ3v) is 7.01. The van der Waals surface area contributed by atoms with Crippen molar-refractivity contribution in [2.24, 2.45) is 0 Å². The number of nitrogens with one attached hydrogen (secondary N) is 1. The first-order valence-corrected chi connectivity index (χ1v) is 9.71. The molecule has 5 heteroatoms. The average molecular weight is 369 g/mol. The lowest BCUT2D eigenvalue weighted by atomic mass is 9.91. The highest BCUT2D eigenvalue weighted by molar-refractivity contribution is 9.11. The second-order valence-corrected chi connectivity index (χ2v) is 9.25. The van der Waals surface area contributed by atoms with Gasteiger partial charge in [-0.05, 0) is 60.2 Å². The van der Waals surface area contributed by atoms with Crippen LogP contribution in [0.25, 0.3) is 9.88 Å². The summed E-state index contributed by atoms with van der Waals surface area (Å²) < 4.78 is 1.19.